The maximum atomic E-state index is 10.6. The van der Waals surface area contributed by atoms with Crippen molar-refractivity contribution in [3.8, 4) is 11.8 Å². The minimum Gasteiger partial charge on any atom is -0.497 e. The van der Waals surface area contributed by atoms with Crippen molar-refractivity contribution in [2.75, 3.05) is 25.1 Å². The fraction of sp³-hybridized carbons (Fsp3) is 0.385. The van der Waals surface area contributed by atoms with Crippen LogP contribution in [0.3, 0.4) is 0 Å². The van der Waals surface area contributed by atoms with Gasteiger partial charge >= 0.3 is 5.97 Å². The van der Waals surface area contributed by atoms with Gasteiger partial charge in [0, 0.05) is 19.2 Å². The van der Waals surface area contributed by atoms with Crippen LogP contribution >= 0.6 is 0 Å². The van der Waals surface area contributed by atoms with Crippen molar-refractivity contribution in [1.82, 2.24) is 0 Å². The number of carboxylic acid groups (broad SMARTS) is 1. The van der Waals surface area contributed by atoms with Crippen LogP contribution < -0.4 is 9.64 Å². The minimum absolute atomic E-state index is 0.0376. The monoisotopic (exact) mass is 248 g/mol. The van der Waals surface area contributed by atoms with E-state index in [-0.39, 0.29) is 6.42 Å². The quantitative estimate of drug-likeness (QED) is 0.831. The smallest absolute Gasteiger partial charge is 0.305 e. The van der Waals surface area contributed by atoms with E-state index in [4.69, 9.17) is 15.1 Å². The molecule has 5 heteroatoms. The predicted octanol–water partition coefficient (Wildman–Crippen LogP) is 1.87. The van der Waals surface area contributed by atoms with Crippen molar-refractivity contribution in [2.24, 2.45) is 0 Å². The van der Waals surface area contributed by atoms with Crippen molar-refractivity contribution in [3.05, 3.63) is 23.8 Å². The molecule has 0 fully saturated rings. The molecule has 0 saturated carbocycles. The van der Waals surface area contributed by atoms with Crippen LogP contribution in [-0.4, -0.2) is 31.3 Å². The van der Waals surface area contributed by atoms with Gasteiger partial charge in [-0.05, 0) is 19.1 Å². The second-order valence-electron chi connectivity index (χ2n) is 3.72. The molecule has 1 aromatic carbocycles. The van der Waals surface area contributed by atoms with Gasteiger partial charge in [-0.15, -0.1) is 0 Å². The Bertz CT molecular complexity index is 466. The van der Waals surface area contributed by atoms with Crippen LogP contribution in [0.4, 0.5) is 5.69 Å². The van der Waals surface area contributed by atoms with Gasteiger partial charge in [0.15, 0.2) is 0 Å². The number of ether oxygens (including phenoxy) is 1. The number of hydrogen-bond donors (Lipinski definition) is 1. The first-order chi connectivity index (χ1) is 8.62. The van der Waals surface area contributed by atoms with Gasteiger partial charge in [-0.25, -0.2) is 0 Å². The highest BCUT2D eigenvalue weighted by Crippen LogP contribution is 2.25. The van der Waals surface area contributed by atoms with Crippen LogP contribution in [0.2, 0.25) is 0 Å². The third kappa shape index (κ3) is 3.39. The lowest BCUT2D eigenvalue weighted by Crippen LogP contribution is -2.26. The average molecular weight is 248 g/mol. The largest absolute Gasteiger partial charge is 0.497 e. The molecule has 96 valence electrons. The molecule has 0 amide bonds. The first-order valence-corrected chi connectivity index (χ1v) is 5.67. The highest BCUT2D eigenvalue weighted by molar-refractivity contribution is 5.68. The zero-order chi connectivity index (χ0) is 13.5. The van der Waals surface area contributed by atoms with E-state index in [2.05, 4.69) is 6.07 Å². The predicted molar refractivity (Wildman–Crippen MR) is 67.8 cm³/mol. The second kappa shape index (κ2) is 6.50. The van der Waals surface area contributed by atoms with E-state index in [1.807, 2.05) is 11.8 Å². The van der Waals surface area contributed by atoms with Gasteiger partial charge in [0.25, 0.3) is 0 Å². The van der Waals surface area contributed by atoms with Crippen LogP contribution in [0.25, 0.3) is 0 Å². The van der Waals surface area contributed by atoms with E-state index in [0.29, 0.717) is 30.1 Å². The molecule has 1 rings (SSSR count). The Morgan fingerprint density at radius 1 is 1.56 bits per heavy atom. The summed E-state index contributed by atoms with van der Waals surface area (Å²) in [6.07, 6.45) is 0.0376. The van der Waals surface area contributed by atoms with Gasteiger partial charge < -0.3 is 14.7 Å². The molecule has 0 unspecified atom stereocenters. The molecule has 0 aliphatic heterocycles. The molecule has 0 aliphatic rings. The lowest BCUT2D eigenvalue weighted by Gasteiger charge is -2.23. The van der Waals surface area contributed by atoms with E-state index in [1.165, 1.54) is 0 Å². The van der Waals surface area contributed by atoms with Crippen molar-refractivity contribution in [3.63, 3.8) is 0 Å². The molecule has 0 spiro atoms. The van der Waals surface area contributed by atoms with Crippen molar-refractivity contribution in [1.29, 1.82) is 5.26 Å². The Balaban J connectivity index is 3.02. The van der Waals surface area contributed by atoms with E-state index in [1.54, 1.807) is 25.3 Å². The molecule has 0 atom stereocenters. The van der Waals surface area contributed by atoms with Crippen LogP contribution in [0.15, 0.2) is 18.2 Å². The third-order valence-corrected chi connectivity index (χ3v) is 2.64. The fourth-order valence-corrected chi connectivity index (χ4v) is 1.67. The first-order valence-electron chi connectivity index (χ1n) is 5.67. The van der Waals surface area contributed by atoms with Gasteiger partial charge in [0.2, 0.25) is 0 Å². The normalized spacial score (nSPS) is 9.61. The van der Waals surface area contributed by atoms with Crippen LogP contribution in [0, 0.1) is 11.3 Å². The van der Waals surface area contributed by atoms with Gasteiger partial charge in [-0.3, -0.25) is 4.79 Å². The van der Waals surface area contributed by atoms with Crippen molar-refractivity contribution in [2.45, 2.75) is 13.3 Å². The van der Waals surface area contributed by atoms with E-state index in [0.717, 1.165) is 0 Å². The number of rotatable bonds is 6. The Kier molecular flexibility index (Phi) is 5.00. The van der Waals surface area contributed by atoms with Crippen LogP contribution in [0.5, 0.6) is 5.75 Å². The summed E-state index contributed by atoms with van der Waals surface area (Å²) in [7, 11) is 1.55. The van der Waals surface area contributed by atoms with Gasteiger partial charge in [-0.2, -0.15) is 5.26 Å². The number of hydrogen-bond acceptors (Lipinski definition) is 4. The molecule has 0 aromatic heterocycles. The maximum absolute atomic E-state index is 10.6. The Morgan fingerprint density at radius 3 is 2.78 bits per heavy atom. The molecule has 5 nitrogen and oxygen atoms in total. The minimum atomic E-state index is -0.852. The molecule has 0 aliphatic carbocycles. The zero-order valence-corrected chi connectivity index (χ0v) is 10.5. The van der Waals surface area contributed by atoms with E-state index in [9.17, 15) is 4.79 Å². The summed E-state index contributed by atoms with van der Waals surface area (Å²) < 4.78 is 5.12. The summed E-state index contributed by atoms with van der Waals surface area (Å²) in [5.74, 6) is -0.201. The summed E-state index contributed by atoms with van der Waals surface area (Å²) in [5.41, 5.74) is 1.23. The standard InChI is InChI=1S/C13H16N2O3/c1-3-15(7-6-13(16)17)12-8-11(18-2)5-4-10(12)9-14/h4-5,8H,3,6-7H2,1-2H3,(H,16,17). The number of nitriles is 1. The Hall–Kier alpha value is -2.22. The summed E-state index contributed by atoms with van der Waals surface area (Å²) in [6, 6.07) is 7.25. The highest BCUT2D eigenvalue weighted by atomic mass is 16.5. The molecule has 0 heterocycles. The lowest BCUT2D eigenvalue weighted by atomic mass is 10.1. The van der Waals surface area contributed by atoms with Crippen molar-refractivity contribution >= 4 is 11.7 Å². The van der Waals surface area contributed by atoms with Crippen LogP contribution in [-0.2, 0) is 4.79 Å². The van der Waals surface area contributed by atoms with E-state index >= 15 is 0 Å². The molecular formula is C13H16N2O3. The topological polar surface area (TPSA) is 73.6 Å². The zero-order valence-electron chi connectivity index (χ0n) is 10.5. The highest BCUT2D eigenvalue weighted by Gasteiger charge is 2.12. The first kappa shape index (κ1) is 13.8. The molecule has 1 aromatic rings. The average Bonchev–Trinajstić information content (AvgIpc) is 2.38. The molecule has 0 bridgehead atoms. The summed E-state index contributed by atoms with van der Waals surface area (Å²) in [6.45, 7) is 2.92. The number of anilines is 1. The van der Waals surface area contributed by atoms with Gasteiger partial charge in [0.1, 0.15) is 11.8 Å². The maximum Gasteiger partial charge on any atom is 0.305 e. The second-order valence-corrected chi connectivity index (χ2v) is 3.72. The Labute approximate surface area is 106 Å². The molecular weight excluding hydrogens is 232 g/mol. The summed E-state index contributed by atoms with van der Waals surface area (Å²) in [4.78, 5) is 12.5. The number of methoxy groups -OCH3 is 1. The molecule has 18 heavy (non-hydrogen) atoms. The Morgan fingerprint density at radius 2 is 2.28 bits per heavy atom. The summed E-state index contributed by atoms with van der Waals surface area (Å²) in [5, 5.41) is 17.8. The van der Waals surface area contributed by atoms with Gasteiger partial charge in [0.05, 0.1) is 24.8 Å². The number of carbonyl (C=O) groups is 1. The number of benzene rings is 1. The van der Waals surface area contributed by atoms with Gasteiger partial charge in [-0.1, -0.05) is 0 Å². The molecule has 1 N–H and O–H groups in total. The molecule has 0 radical (unpaired) electrons. The number of carboxylic acids is 1. The van der Waals surface area contributed by atoms with E-state index < -0.39 is 5.97 Å². The summed E-state index contributed by atoms with van der Waals surface area (Å²) >= 11 is 0. The van der Waals surface area contributed by atoms with Crippen LogP contribution in [0.1, 0.15) is 18.9 Å². The third-order valence-electron chi connectivity index (χ3n) is 2.64. The number of nitrogens with zero attached hydrogens (tertiary/aromatic N) is 2. The molecule has 0 saturated heterocycles. The lowest BCUT2D eigenvalue weighted by molar-refractivity contribution is -0.136. The number of aliphatic carboxylic acids is 1. The SMILES string of the molecule is CCN(CCC(=O)O)c1cc(OC)ccc1C#N. The van der Waals surface area contributed by atoms with Crippen molar-refractivity contribution < 1.29 is 14.6 Å². The fourth-order valence-electron chi connectivity index (χ4n) is 1.67.